The standard InChI is InChI=1S/C15H12FNO4/c16-11-4-2-1-3-10(11)5-9-6-12(17-8-9)13(18)7-14(19)15(20)21/h1-4,6-8,17,19H,5H2,(H,20,21)/b14-7-. The monoisotopic (exact) mass is 289 g/mol. The van der Waals surface area contributed by atoms with Crippen LogP contribution >= 0.6 is 0 Å². The van der Waals surface area contributed by atoms with Crippen LogP contribution in [0.5, 0.6) is 0 Å². The lowest BCUT2D eigenvalue weighted by Crippen LogP contribution is -2.04. The van der Waals surface area contributed by atoms with Crippen molar-refractivity contribution in [2.45, 2.75) is 6.42 Å². The summed E-state index contributed by atoms with van der Waals surface area (Å²) >= 11 is 0. The van der Waals surface area contributed by atoms with E-state index in [9.17, 15) is 14.0 Å². The van der Waals surface area contributed by atoms with Crippen LogP contribution in [0, 0.1) is 5.82 Å². The van der Waals surface area contributed by atoms with Gasteiger partial charge < -0.3 is 15.2 Å². The first-order valence-corrected chi connectivity index (χ1v) is 6.06. The molecule has 0 aliphatic heterocycles. The van der Waals surface area contributed by atoms with Gasteiger partial charge in [-0.05, 0) is 23.3 Å². The highest BCUT2D eigenvalue weighted by Gasteiger charge is 2.12. The second-order valence-electron chi connectivity index (χ2n) is 4.39. The van der Waals surface area contributed by atoms with Gasteiger partial charge in [-0.15, -0.1) is 0 Å². The van der Waals surface area contributed by atoms with Crippen molar-refractivity contribution in [2.24, 2.45) is 0 Å². The van der Waals surface area contributed by atoms with E-state index in [0.717, 1.165) is 0 Å². The summed E-state index contributed by atoms with van der Waals surface area (Å²) in [6.07, 6.45) is 2.44. The summed E-state index contributed by atoms with van der Waals surface area (Å²) in [5.41, 5.74) is 1.28. The van der Waals surface area contributed by atoms with Gasteiger partial charge in [-0.25, -0.2) is 9.18 Å². The maximum absolute atomic E-state index is 13.5. The number of ketones is 1. The topological polar surface area (TPSA) is 90.4 Å². The molecule has 0 spiro atoms. The van der Waals surface area contributed by atoms with Gasteiger partial charge in [0.25, 0.3) is 0 Å². The molecule has 0 radical (unpaired) electrons. The van der Waals surface area contributed by atoms with E-state index in [4.69, 9.17) is 10.2 Å². The Bertz CT molecular complexity index is 718. The number of halogens is 1. The summed E-state index contributed by atoms with van der Waals surface area (Å²) in [4.78, 5) is 24.8. The Morgan fingerprint density at radius 2 is 1.95 bits per heavy atom. The zero-order chi connectivity index (χ0) is 15.4. The Kier molecular flexibility index (Phi) is 4.18. The minimum atomic E-state index is -1.58. The predicted octanol–water partition coefficient (Wildman–Crippen LogP) is 2.45. The van der Waals surface area contributed by atoms with Crippen LogP contribution in [0.1, 0.15) is 21.6 Å². The third-order valence-corrected chi connectivity index (χ3v) is 2.85. The molecule has 0 amide bonds. The van der Waals surface area contributed by atoms with Gasteiger partial charge in [0.05, 0.1) is 5.69 Å². The van der Waals surface area contributed by atoms with Crippen molar-refractivity contribution in [3.63, 3.8) is 0 Å². The molecule has 1 aromatic heterocycles. The molecule has 0 atom stereocenters. The largest absolute Gasteiger partial charge is 0.502 e. The smallest absolute Gasteiger partial charge is 0.371 e. The van der Waals surface area contributed by atoms with Crippen molar-refractivity contribution in [2.75, 3.05) is 0 Å². The molecular formula is C15H12FNO4. The summed E-state index contributed by atoms with van der Waals surface area (Å²) in [7, 11) is 0. The van der Waals surface area contributed by atoms with Crippen molar-refractivity contribution in [1.82, 2.24) is 4.98 Å². The summed E-state index contributed by atoms with van der Waals surface area (Å²) in [6.45, 7) is 0. The number of hydrogen-bond acceptors (Lipinski definition) is 3. The normalized spacial score (nSPS) is 11.4. The molecule has 5 nitrogen and oxygen atoms in total. The summed E-state index contributed by atoms with van der Waals surface area (Å²) in [5, 5.41) is 17.5. The Balaban J connectivity index is 2.15. The average Bonchev–Trinajstić information content (AvgIpc) is 2.90. The van der Waals surface area contributed by atoms with E-state index in [1.54, 1.807) is 18.2 Å². The predicted molar refractivity (Wildman–Crippen MR) is 72.7 cm³/mol. The maximum Gasteiger partial charge on any atom is 0.371 e. The molecule has 0 aliphatic rings. The number of benzene rings is 1. The highest BCUT2D eigenvalue weighted by molar-refractivity contribution is 6.06. The molecule has 1 aromatic carbocycles. The van der Waals surface area contributed by atoms with Crippen LogP contribution in [-0.4, -0.2) is 26.9 Å². The lowest BCUT2D eigenvalue weighted by molar-refractivity contribution is -0.135. The van der Waals surface area contributed by atoms with Crippen LogP contribution < -0.4 is 0 Å². The molecule has 0 fully saturated rings. The molecule has 3 N–H and O–H groups in total. The number of aromatic amines is 1. The number of aliphatic carboxylic acids is 1. The van der Waals surface area contributed by atoms with Crippen LogP contribution in [0.25, 0.3) is 0 Å². The molecule has 21 heavy (non-hydrogen) atoms. The van der Waals surface area contributed by atoms with Gasteiger partial charge in [0, 0.05) is 18.7 Å². The van der Waals surface area contributed by atoms with E-state index in [1.165, 1.54) is 18.3 Å². The quantitative estimate of drug-likeness (QED) is 0.448. The minimum absolute atomic E-state index is 0.120. The van der Waals surface area contributed by atoms with Crippen LogP contribution in [-0.2, 0) is 11.2 Å². The lowest BCUT2D eigenvalue weighted by Gasteiger charge is -1.99. The van der Waals surface area contributed by atoms with Gasteiger partial charge >= 0.3 is 5.97 Å². The highest BCUT2D eigenvalue weighted by Crippen LogP contribution is 2.14. The van der Waals surface area contributed by atoms with Crippen molar-refractivity contribution >= 4 is 11.8 Å². The van der Waals surface area contributed by atoms with Crippen LogP contribution in [0.4, 0.5) is 4.39 Å². The van der Waals surface area contributed by atoms with Crippen LogP contribution in [0.2, 0.25) is 0 Å². The van der Waals surface area contributed by atoms with Crippen molar-refractivity contribution < 1.29 is 24.2 Å². The molecule has 2 aromatic rings. The molecule has 108 valence electrons. The number of hydrogen-bond donors (Lipinski definition) is 3. The van der Waals surface area contributed by atoms with Gasteiger partial charge in [0.1, 0.15) is 5.82 Å². The minimum Gasteiger partial charge on any atom is -0.502 e. The van der Waals surface area contributed by atoms with E-state index in [0.29, 0.717) is 23.6 Å². The fraction of sp³-hybridized carbons (Fsp3) is 0.0667. The molecule has 0 saturated heterocycles. The maximum atomic E-state index is 13.5. The molecule has 0 aliphatic carbocycles. The van der Waals surface area contributed by atoms with Crippen molar-refractivity contribution in [3.05, 3.63) is 71.0 Å². The Morgan fingerprint density at radius 3 is 2.62 bits per heavy atom. The van der Waals surface area contributed by atoms with Gasteiger partial charge in [-0.2, -0.15) is 0 Å². The molecular weight excluding hydrogens is 277 g/mol. The summed E-state index contributed by atoms with van der Waals surface area (Å²) < 4.78 is 13.5. The summed E-state index contributed by atoms with van der Waals surface area (Å²) in [6, 6.07) is 7.78. The van der Waals surface area contributed by atoms with Crippen molar-refractivity contribution in [1.29, 1.82) is 0 Å². The summed E-state index contributed by atoms with van der Waals surface area (Å²) in [5.74, 6) is -3.63. The van der Waals surface area contributed by atoms with E-state index in [-0.39, 0.29) is 11.5 Å². The number of aliphatic hydroxyl groups is 1. The zero-order valence-corrected chi connectivity index (χ0v) is 10.8. The second kappa shape index (κ2) is 6.04. The molecule has 6 heteroatoms. The number of H-pyrrole nitrogens is 1. The fourth-order valence-corrected chi connectivity index (χ4v) is 1.81. The number of carboxylic acids is 1. The number of nitrogens with one attached hydrogen (secondary N) is 1. The molecule has 0 saturated carbocycles. The first-order chi connectivity index (χ1) is 9.97. The zero-order valence-electron chi connectivity index (χ0n) is 10.8. The number of aliphatic hydroxyl groups excluding tert-OH is 1. The first-order valence-electron chi connectivity index (χ1n) is 6.06. The number of allylic oxidation sites excluding steroid dienone is 1. The molecule has 1 heterocycles. The number of carbonyl (C=O) groups is 2. The van der Waals surface area contributed by atoms with Crippen LogP contribution in [0.15, 0.2) is 48.4 Å². The van der Waals surface area contributed by atoms with E-state index < -0.39 is 17.5 Å². The number of rotatable bonds is 5. The van der Waals surface area contributed by atoms with Gasteiger partial charge in [0.15, 0.2) is 0 Å². The lowest BCUT2D eigenvalue weighted by atomic mass is 10.1. The average molecular weight is 289 g/mol. The third kappa shape index (κ3) is 3.56. The molecule has 2 rings (SSSR count). The van der Waals surface area contributed by atoms with Crippen LogP contribution in [0.3, 0.4) is 0 Å². The third-order valence-electron chi connectivity index (χ3n) is 2.85. The first kappa shape index (κ1) is 14.5. The van der Waals surface area contributed by atoms with Gasteiger partial charge in [0.2, 0.25) is 11.5 Å². The molecule has 0 unspecified atom stereocenters. The fourth-order valence-electron chi connectivity index (χ4n) is 1.81. The SMILES string of the molecule is O=C(O)/C(O)=C/C(=O)c1cc(Cc2ccccc2F)c[nH]1. The Hall–Kier alpha value is -2.89. The second-order valence-corrected chi connectivity index (χ2v) is 4.39. The number of carboxylic acid groups (broad SMARTS) is 1. The Morgan fingerprint density at radius 1 is 1.24 bits per heavy atom. The van der Waals surface area contributed by atoms with Gasteiger partial charge in [-0.3, -0.25) is 4.79 Å². The number of aromatic nitrogens is 1. The van der Waals surface area contributed by atoms with E-state index in [1.807, 2.05) is 0 Å². The van der Waals surface area contributed by atoms with E-state index >= 15 is 0 Å². The van der Waals surface area contributed by atoms with E-state index in [2.05, 4.69) is 4.98 Å². The van der Waals surface area contributed by atoms with Gasteiger partial charge in [-0.1, -0.05) is 18.2 Å². The van der Waals surface area contributed by atoms with Crippen molar-refractivity contribution in [3.8, 4) is 0 Å². The highest BCUT2D eigenvalue weighted by atomic mass is 19.1. The number of carbonyl (C=O) groups excluding carboxylic acids is 1. The molecule has 0 bridgehead atoms. The Labute approximate surface area is 119 Å².